The lowest BCUT2D eigenvalue weighted by Crippen LogP contribution is -2.44. The molecule has 4 rings (SSSR count). The van der Waals surface area contributed by atoms with Gasteiger partial charge in [-0.05, 0) is 43.0 Å². The largest absolute Gasteiger partial charge is 0.497 e. The van der Waals surface area contributed by atoms with Crippen molar-refractivity contribution in [2.75, 3.05) is 7.11 Å². The summed E-state index contributed by atoms with van der Waals surface area (Å²) in [6.45, 7) is 1.72. The molecule has 0 bridgehead atoms. The number of urea groups is 1. The van der Waals surface area contributed by atoms with Gasteiger partial charge in [0, 0.05) is 17.5 Å². The maximum Gasteiger partial charge on any atom is 0.336 e. The van der Waals surface area contributed by atoms with Crippen molar-refractivity contribution in [1.29, 1.82) is 0 Å². The van der Waals surface area contributed by atoms with E-state index in [0.717, 1.165) is 10.5 Å². The third-order valence-electron chi connectivity index (χ3n) is 5.47. The fourth-order valence-electron chi connectivity index (χ4n) is 3.74. The second kappa shape index (κ2) is 7.67. The van der Waals surface area contributed by atoms with E-state index < -0.39 is 17.2 Å². The third kappa shape index (κ3) is 3.66. The topological polar surface area (TPSA) is 88.9 Å². The van der Waals surface area contributed by atoms with Crippen LogP contribution in [0.15, 0.2) is 63.8 Å². The van der Waals surface area contributed by atoms with E-state index in [1.165, 1.54) is 13.2 Å². The molecule has 7 nitrogen and oxygen atoms in total. The van der Waals surface area contributed by atoms with Crippen molar-refractivity contribution in [1.82, 2.24) is 10.2 Å². The van der Waals surface area contributed by atoms with Crippen LogP contribution in [0.3, 0.4) is 0 Å². The summed E-state index contributed by atoms with van der Waals surface area (Å²) in [5, 5.41) is 3.46. The molecule has 0 spiro atoms. The number of imide groups is 1. The summed E-state index contributed by atoms with van der Waals surface area (Å²) in [6.07, 6.45) is 1.14. The Morgan fingerprint density at radius 3 is 2.57 bits per heavy atom. The number of hydrogen-bond donors (Lipinski definition) is 1. The Balaban J connectivity index is 1.58. The van der Waals surface area contributed by atoms with Gasteiger partial charge in [-0.25, -0.2) is 9.59 Å². The molecule has 0 radical (unpaired) electrons. The monoisotopic (exact) mass is 406 g/mol. The first-order valence-corrected chi connectivity index (χ1v) is 9.68. The van der Waals surface area contributed by atoms with E-state index >= 15 is 0 Å². The molecule has 1 saturated heterocycles. The fourth-order valence-corrected chi connectivity index (χ4v) is 3.74. The molecule has 1 aliphatic rings. The molecular formula is C23H22N2O5. The van der Waals surface area contributed by atoms with Crippen molar-refractivity contribution in [2.24, 2.45) is 0 Å². The van der Waals surface area contributed by atoms with Crippen molar-refractivity contribution >= 4 is 22.9 Å². The molecule has 1 N–H and O–H groups in total. The van der Waals surface area contributed by atoms with Gasteiger partial charge < -0.3 is 14.5 Å². The van der Waals surface area contributed by atoms with E-state index in [1.807, 2.05) is 30.3 Å². The summed E-state index contributed by atoms with van der Waals surface area (Å²) >= 11 is 0. The van der Waals surface area contributed by atoms with Gasteiger partial charge in [-0.2, -0.15) is 0 Å². The van der Waals surface area contributed by atoms with Gasteiger partial charge in [0.1, 0.15) is 16.9 Å². The fraction of sp³-hybridized carbons (Fsp3) is 0.261. The molecule has 0 saturated carbocycles. The standard InChI is InChI=1S/C23H22N2O5/c1-23(11-10-15-6-4-3-5-7-15)21(27)25(22(28)24-23)14-16-12-20(26)30-19-13-17(29-2)8-9-18(16)19/h3-9,12-13H,10-11,14H2,1-2H3,(H,24,28)/t23-/m0/s1. The van der Waals surface area contributed by atoms with Crippen LogP contribution in [0.4, 0.5) is 4.79 Å². The van der Waals surface area contributed by atoms with E-state index in [9.17, 15) is 14.4 Å². The maximum atomic E-state index is 13.1. The first-order valence-electron chi connectivity index (χ1n) is 9.68. The highest BCUT2D eigenvalue weighted by Gasteiger charge is 2.47. The van der Waals surface area contributed by atoms with Crippen molar-refractivity contribution < 1.29 is 18.7 Å². The van der Waals surface area contributed by atoms with E-state index in [4.69, 9.17) is 9.15 Å². The van der Waals surface area contributed by atoms with E-state index in [2.05, 4.69) is 5.32 Å². The highest BCUT2D eigenvalue weighted by atomic mass is 16.5. The number of nitrogens with one attached hydrogen (secondary N) is 1. The number of benzene rings is 2. The van der Waals surface area contributed by atoms with Gasteiger partial charge >= 0.3 is 11.7 Å². The molecular weight excluding hydrogens is 384 g/mol. The minimum Gasteiger partial charge on any atom is -0.497 e. The van der Waals surface area contributed by atoms with Crippen molar-refractivity contribution in [3.63, 3.8) is 0 Å². The Morgan fingerprint density at radius 1 is 1.07 bits per heavy atom. The predicted molar refractivity (Wildman–Crippen MR) is 111 cm³/mol. The van der Waals surface area contributed by atoms with Gasteiger partial charge in [0.15, 0.2) is 0 Å². The minimum absolute atomic E-state index is 0.0139. The molecule has 7 heteroatoms. The summed E-state index contributed by atoms with van der Waals surface area (Å²) in [4.78, 5) is 38.9. The first-order chi connectivity index (χ1) is 14.4. The number of hydrogen-bond acceptors (Lipinski definition) is 5. The summed E-state index contributed by atoms with van der Waals surface area (Å²) in [6, 6.07) is 15.8. The Kier molecular flexibility index (Phi) is 5.03. The molecule has 1 atom stereocenters. The van der Waals surface area contributed by atoms with Crippen molar-refractivity contribution in [2.45, 2.75) is 31.8 Å². The highest BCUT2D eigenvalue weighted by molar-refractivity contribution is 6.06. The average molecular weight is 406 g/mol. The highest BCUT2D eigenvalue weighted by Crippen LogP contribution is 2.28. The summed E-state index contributed by atoms with van der Waals surface area (Å²) < 4.78 is 10.4. The number of rotatable bonds is 6. The molecule has 2 aromatic carbocycles. The van der Waals surface area contributed by atoms with Crippen LogP contribution in [0.2, 0.25) is 0 Å². The SMILES string of the molecule is COc1ccc2c(CN3C(=O)N[C@@](C)(CCc4ccccc4)C3=O)cc(=O)oc2c1. The number of amides is 3. The molecule has 30 heavy (non-hydrogen) atoms. The van der Waals surface area contributed by atoms with Crippen LogP contribution in [-0.2, 0) is 17.8 Å². The van der Waals surface area contributed by atoms with Crippen LogP contribution in [0.1, 0.15) is 24.5 Å². The summed E-state index contributed by atoms with van der Waals surface area (Å²) in [7, 11) is 1.52. The van der Waals surface area contributed by atoms with Gasteiger partial charge in [-0.3, -0.25) is 9.69 Å². The number of ether oxygens (including phenoxy) is 1. The quantitative estimate of drug-likeness (QED) is 0.501. The summed E-state index contributed by atoms with van der Waals surface area (Å²) in [5.74, 6) is 0.240. The van der Waals surface area contributed by atoms with Gasteiger partial charge in [0.05, 0.1) is 13.7 Å². The number of fused-ring (bicyclic) bond motifs is 1. The van der Waals surface area contributed by atoms with Crippen molar-refractivity contribution in [3.8, 4) is 5.75 Å². The Hall–Kier alpha value is -3.61. The second-order valence-corrected chi connectivity index (χ2v) is 7.59. The molecule has 1 aromatic heterocycles. The molecule has 1 fully saturated rings. The lowest BCUT2D eigenvalue weighted by Gasteiger charge is -2.22. The molecule has 3 amide bonds. The van der Waals surface area contributed by atoms with Crippen LogP contribution in [0, 0.1) is 0 Å². The first kappa shape index (κ1) is 19.7. The number of nitrogens with zero attached hydrogens (tertiary/aromatic N) is 1. The second-order valence-electron chi connectivity index (χ2n) is 7.59. The van der Waals surface area contributed by atoms with Crippen LogP contribution >= 0.6 is 0 Å². The zero-order chi connectivity index (χ0) is 21.3. The third-order valence-corrected chi connectivity index (χ3v) is 5.47. The number of methoxy groups -OCH3 is 1. The van der Waals surface area contributed by atoms with Crippen LogP contribution in [0.5, 0.6) is 5.75 Å². The smallest absolute Gasteiger partial charge is 0.336 e. The normalized spacial score (nSPS) is 18.7. The summed E-state index contributed by atoms with van der Waals surface area (Å²) in [5.41, 5.74) is 0.436. The van der Waals surface area contributed by atoms with Crippen LogP contribution in [-0.4, -0.2) is 29.5 Å². The molecule has 0 aliphatic carbocycles. The Morgan fingerprint density at radius 2 is 1.83 bits per heavy atom. The van der Waals surface area contributed by atoms with Crippen LogP contribution in [0.25, 0.3) is 11.0 Å². The molecule has 154 valence electrons. The molecule has 0 unspecified atom stereocenters. The van der Waals surface area contributed by atoms with Gasteiger partial charge in [-0.1, -0.05) is 30.3 Å². The Bertz CT molecular complexity index is 1170. The average Bonchev–Trinajstić information content (AvgIpc) is 2.95. The number of aryl methyl sites for hydroxylation is 1. The maximum absolute atomic E-state index is 13.1. The van der Waals surface area contributed by atoms with E-state index in [1.54, 1.807) is 25.1 Å². The molecule has 1 aliphatic heterocycles. The van der Waals surface area contributed by atoms with E-state index in [-0.39, 0.29) is 12.5 Å². The number of carbonyl (C=O) groups excluding carboxylic acids is 2. The zero-order valence-electron chi connectivity index (χ0n) is 16.8. The lowest BCUT2D eigenvalue weighted by molar-refractivity contribution is -0.131. The molecule has 3 aromatic rings. The van der Waals surface area contributed by atoms with Crippen LogP contribution < -0.4 is 15.7 Å². The molecule has 2 heterocycles. The Labute approximate surface area is 173 Å². The lowest BCUT2D eigenvalue weighted by atomic mass is 9.93. The van der Waals surface area contributed by atoms with Crippen molar-refractivity contribution in [3.05, 3.63) is 76.1 Å². The van der Waals surface area contributed by atoms with Gasteiger partial charge in [0.2, 0.25) is 0 Å². The van der Waals surface area contributed by atoms with Gasteiger partial charge in [0.25, 0.3) is 5.91 Å². The number of carbonyl (C=O) groups is 2. The van der Waals surface area contributed by atoms with Gasteiger partial charge in [-0.15, -0.1) is 0 Å². The predicted octanol–water partition coefficient (Wildman–Crippen LogP) is 3.24. The van der Waals surface area contributed by atoms with E-state index in [0.29, 0.717) is 35.1 Å². The minimum atomic E-state index is -0.995. The zero-order valence-corrected chi connectivity index (χ0v) is 16.8.